The molecule has 0 fully saturated rings. The maximum Gasteiger partial charge on any atom is 0.162 e. The molecule has 0 saturated heterocycles. The van der Waals surface area contributed by atoms with E-state index in [9.17, 15) is 4.39 Å². The second kappa shape index (κ2) is 9.27. The van der Waals surface area contributed by atoms with Gasteiger partial charge < -0.3 is 14.8 Å². The Hall–Kier alpha value is -1.59. The molecule has 3 nitrogen and oxygen atoms in total. The predicted octanol–water partition coefficient (Wildman–Crippen LogP) is 6.48. The highest BCUT2D eigenvalue weighted by Crippen LogP contribution is 2.35. The van der Waals surface area contributed by atoms with Crippen LogP contribution in [0, 0.1) is 11.2 Å². The van der Waals surface area contributed by atoms with Crippen molar-refractivity contribution in [2.24, 2.45) is 5.41 Å². The standard InChI is InChI=1S/C23H31BrFNO2/c1-22(2,3)15-23(4,5)26-13-17-11-20(27-6)21(12-18(17)24)28-14-16-9-7-8-10-19(16)25/h7-12,26H,13-15H2,1-6H3. The topological polar surface area (TPSA) is 30.5 Å². The van der Waals surface area contributed by atoms with Crippen molar-refractivity contribution in [1.29, 1.82) is 0 Å². The Morgan fingerprint density at radius 3 is 2.29 bits per heavy atom. The number of halogens is 2. The van der Waals surface area contributed by atoms with E-state index in [4.69, 9.17) is 9.47 Å². The summed E-state index contributed by atoms with van der Waals surface area (Å²) in [6.45, 7) is 12.0. The van der Waals surface area contributed by atoms with E-state index in [-0.39, 0.29) is 23.4 Å². The molecule has 0 amide bonds. The van der Waals surface area contributed by atoms with Crippen LogP contribution in [0.4, 0.5) is 4.39 Å². The van der Waals surface area contributed by atoms with Crippen LogP contribution < -0.4 is 14.8 Å². The van der Waals surface area contributed by atoms with Gasteiger partial charge in [0.15, 0.2) is 11.5 Å². The van der Waals surface area contributed by atoms with Gasteiger partial charge in [-0.25, -0.2) is 4.39 Å². The van der Waals surface area contributed by atoms with Crippen LogP contribution in [0.2, 0.25) is 0 Å². The molecule has 0 spiro atoms. The minimum absolute atomic E-state index is 0.00489. The van der Waals surface area contributed by atoms with E-state index >= 15 is 0 Å². The summed E-state index contributed by atoms with van der Waals surface area (Å²) in [5, 5.41) is 3.63. The van der Waals surface area contributed by atoms with Gasteiger partial charge in [0.05, 0.1) is 7.11 Å². The molecule has 2 aromatic carbocycles. The highest BCUT2D eigenvalue weighted by atomic mass is 79.9. The summed E-state index contributed by atoms with van der Waals surface area (Å²) < 4.78 is 26.1. The monoisotopic (exact) mass is 451 g/mol. The van der Waals surface area contributed by atoms with E-state index in [1.54, 1.807) is 25.3 Å². The minimum atomic E-state index is -0.276. The fourth-order valence-electron chi connectivity index (χ4n) is 3.48. The summed E-state index contributed by atoms with van der Waals surface area (Å²) in [6.07, 6.45) is 1.05. The number of methoxy groups -OCH3 is 1. The van der Waals surface area contributed by atoms with E-state index in [0.717, 1.165) is 16.5 Å². The fraction of sp³-hybridized carbons (Fsp3) is 0.478. The van der Waals surface area contributed by atoms with Crippen LogP contribution in [-0.4, -0.2) is 12.6 Å². The van der Waals surface area contributed by atoms with Gasteiger partial charge >= 0.3 is 0 Å². The molecule has 5 heteroatoms. The van der Waals surface area contributed by atoms with Gasteiger partial charge in [-0.15, -0.1) is 0 Å². The van der Waals surface area contributed by atoms with Crippen molar-refractivity contribution in [3.63, 3.8) is 0 Å². The Bertz CT molecular complexity index is 800. The zero-order valence-corrected chi connectivity index (χ0v) is 19.2. The Labute approximate surface area is 176 Å². The van der Waals surface area contributed by atoms with E-state index < -0.39 is 0 Å². The van der Waals surface area contributed by atoms with Gasteiger partial charge in [0.1, 0.15) is 12.4 Å². The molecule has 0 aliphatic carbocycles. The fourth-order valence-corrected chi connectivity index (χ4v) is 3.94. The molecule has 2 aromatic rings. The number of ether oxygens (including phenoxy) is 2. The molecule has 0 bridgehead atoms. The van der Waals surface area contributed by atoms with Crippen LogP contribution in [-0.2, 0) is 13.2 Å². The summed E-state index contributed by atoms with van der Waals surface area (Å²) in [4.78, 5) is 0. The Balaban J connectivity index is 2.11. The molecule has 1 N–H and O–H groups in total. The van der Waals surface area contributed by atoms with Crippen molar-refractivity contribution >= 4 is 15.9 Å². The summed E-state index contributed by atoms with van der Waals surface area (Å²) in [7, 11) is 1.61. The molecule has 0 saturated carbocycles. The average molecular weight is 452 g/mol. The van der Waals surface area contributed by atoms with Crippen molar-refractivity contribution in [3.05, 3.63) is 57.8 Å². The molecule has 28 heavy (non-hydrogen) atoms. The third-order valence-corrected chi connectivity index (χ3v) is 5.14. The van der Waals surface area contributed by atoms with Crippen LogP contribution in [0.25, 0.3) is 0 Å². The first-order valence-corrected chi connectivity index (χ1v) is 10.3. The quantitative estimate of drug-likeness (QED) is 0.497. The molecule has 0 heterocycles. The second-order valence-electron chi connectivity index (χ2n) is 8.95. The molecule has 2 rings (SSSR count). The first-order chi connectivity index (χ1) is 13.0. The van der Waals surface area contributed by atoms with Gasteiger partial charge in [0, 0.05) is 22.1 Å². The van der Waals surface area contributed by atoms with E-state index in [1.165, 1.54) is 6.07 Å². The van der Waals surface area contributed by atoms with Gasteiger partial charge in [0.2, 0.25) is 0 Å². The highest BCUT2D eigenvalue weighted by Gasteiger charge is 2.25. The first kappa shape index (κ1) is 22.7. The third kappa shape index (κ3) is 6.78. The van der Waals surface area contributed by atoms with Gasteiger partial charge in [-0.2, -0.15) is 0 Å². The molecule has 0 aliphatic rings. The molecule has 0 aromatic heterocycles. The zero-order valence-electron chi connectivity index (χ0n) is 17.7. The highest BCUT2D eigenvalue weighted by molar-refractivity contribution is 9.10. The van der Waals surface area contributed by atoms with Crippen molar-refractivity contribution in [1.82, 2.24) is 5.32 Å². The first-order valence-electron chi connectivity index (χ1n) is 9.48. The molecule has 0 unspecified atom stereocenters. The average Bonchev–Trinajstić information content (AvgIpc) is 2.58. The Kier molecular flexibility index (Phi) is 7.52. The smallest absolute Gasteiger partial charge is 0.162 e. The number of hydrogen-bond donors (Lipinski definition) is 1. The van der Waals surface area contributed by atoms with E-state index in [1.807, 2.05) is 12.1 Å². The molecule has 0 radical (unpaired) electrons. The maximum absolute atomic E-state index is 13.8. The number of benzene rings is 2. The van der Waals surface area contributed by atoms with Crippen LogP contribution in [0.5, 0.6) is 11.5 Å². The Morgan fingerprint density at radius 2 is 1.68 bits per heavy atom. The van der Waals surface area contributed by atoms with Crippen molar-refractivity contribution in [3.8, 4) is 11.5 Å². The van der Waals surface area contributed by atoms with E-state index in [0.29, 0.717) is 23.6 Å². The normalized spacial score (nSPS) is 12.1. The number of nitrogens with one attached hydrogen (secondary N) is 1. The van der Waals surface area contributed by atoms with Crippen molar-refractivity contribution < 1.29 is 13.9 Å². The summed E-state index contributed by atoms with van der Waals surface area (Å²) >= 11 is 3.63. The lowest BCUT2D eigenvalue weighted by molar-refractivity contribution is 0.240. The summed E-state index contributed by atoms with van der Waals surface area (Å²) in [5.74, 6) is 0.933. The molecule has 0 aliphatic heterocycles. The number of hydrogen-bond acceptors (Lipinski definition) is 3. The van der Waals surface area contributed by atoms with Crippen LogP contribution in [0.15, 0.2) is 40.9 Å². The van der Waals surface area contributed by atoms with Crippen molar-refractivity contribution in [2.45, 2.75) is 59.7 Å². The second-order valence-corrected chi connectivity index (χ2v) is 9.80. The summed E-state index contributed by atoms with van der Waals surface area (Å²) in [5.41, 5.74) is 1.84. The van der Waals surface area contributed by atoms with Gasteiger partial charge in [0.25, 0.3) is 0 Å². The van der Waals surface area contributed by atoms with E-state index in [2.05, 4.69) is 55.9 Å². The lowest BCUT2D eigenvalue weighted by Gasteiger charge is -2.33. The Morgan fingerprint density at radius 1 is 1.00 bits per heavy atom. The lowest BCUT2D eigenvalue weighted by Crippen LogP contribution is -2.41. The van der Waals surface area contributed by atoms with Gasteiger partial charge in [-0.3, -0.25) is 0 Å². The molecule has 0 atom stereocenters. The summed E-state index contributed by atoms with van der Waals surface area (Å²) in [6, 6.07) is 10.4. The largest absolute Gasteiger partial charge is 0.493 e. The molecular weight excluding hydrogens is 421 g/mol. The van der Waals surface area contributed by atoms with Crippen LogP contribution >= 0.6 is 15.9 Å². The molecular formula is C23H31BrFNO2. The van der Waals surface area contributed by atoms with Gasteiger partial charge in [-0.05, 0) is 49.4 Å². The van der Waals surface area contributed by atoms with Crippen molar-refractivity contribution in [2.75, 3.05) is 7.11 Å². The minimum Gasteiger partial charge on any atom is -0.493 e. The number of rotatable bonds is 8. The van der Waals surface area contributed by atoms with Crippen LogP contribution in [0.1, 0.15) is 52.2 Å². The molecule has 154 valence electrons. The van der Waals surface area contributed by atoms with Crippen LogP contribution in [0.3, 0.4) is 0 Å². The third-order valence-electron chi connectivity index (χ3n) is 4.40. The zero-order chi connectivity index (χ0) is 20.9. The predicted molar refractivity (Wildman–Crippen MR) is 116 cm³/mol. The lowest BCUT2D eigenvalue weighted by atomic mass is 9.82. The SMILES string of the molecule is COc1cc(CNC(C)(C)CC(C)(C)C)c(Br)cc1OCc1ccccc1F. The van der Waals surface area contributed by atoms with Gasteiger partial charge in [-0.1, -0.05) is 54.9 Å². The maximum atomic E-state index is 13.8.